The molecule has 0 aliphatic carbocycles. The molecule has 0 heterocycles. The van der Waals surface area contributed by atoms with E-state index in [9.17, 15) is 9.59 Å². The van der Waals surface area contributed by atoms with Gasteiger partial charge in [0.05, 0.1) is 6.04 Å². The van der Waals surface area contributed by atoms with Gasteiger partial charge in [0, 0.05) is 12.1 Å². The normalized spacial score (nSPS) is 11.4. The lowest BCUT2D eigenvalue weighted by Gasteiger charge is -2.16. The number of primary amides is 1. The van der Waals surface area contributed by atoms with E-state index in [4.69, 9.17) is 10.5 Å². The molecule has 0 spiro atoms. The number of amides is 3. The van der Waals surface area contributed by atoms with Gasteiger partial charge in [-0.3, -0.25) is 4.79 Å². The van der Waals surface area contributed by atoms with Gasteiger partial charge in [0.1, 0.15) is 5.75 Å². The van der Waals surface area contributed by atoms with Crippen LogP contribution in [-0.2, 0) is 11.2 Å². The zero-order chi connectivity index (χ0) is 21.3. The SMILES string of the molecule is CC(NC(=O)COc1ccccc1Cc1ccccc1)c1ccc(NC(N)=O)cc1. The first kappa shape index (κ1) is 20.9. The zero-order valence-corrected chi connectivity index (χ0v) is 16.8. The molecule has 0 saturated heterocycles. The first-order chi connectivity index (χ1) is 14.5. The van der Waals surface area contributed by atoms with Crippen LogP contribution in [-0.4, -0.2) is 18.5 Å². The van der Waals surface area contributed by atoms with E-state index >= 15 is 0 Å². The summed E-state index contributed by atoms with van der Waals surface area (Å²) < 4.78 is 5.80. The number of hydrogen-bond donors (Lipinski definition) is 3. The van der Waals surface area contributed by atoms with Crippen molar-refractivity contribution in [2.24, 2.45) is 5.73 Å². The third kappa shape index (κ3) is 6.10. The molecule has 0 saturated carbocycles. The molecule has 6 nitrogen and oxygen atoms in total. The molecule has 3 aromatic carbocycles. The molecule has 3 amide bonds. The van der Waals surface area contributed by atoms with Crippen LogP contribution in [0.3, 0.4) is 0 Å². The molecule has 3 aromatic rings. The van der Waals surface area contributed by atoms with Gasteiger partial charge in [-0.1, -0.05) is 60.7 Å². The Morgan fingerprint density at radius 2 is 1.60 bits per heavy atom. The first-order valence-electron chi connectivity index (χ1n) is 9.71. The Hall–Kier alpha value is -3.80. The van der Waals surface area contributed by atoms with Gasteiger partial charge in [-0.25, -0.2) is 4.79 Å². The minimum absolute atomic E-state index is 0.0720. The van der Waals surface area contributed by atoms with E-state index in [-0.39, 0.29) is 18.6 Å². The summed E-state index contributed by atoms with van der Waals surface area (Å²) in [5.41, 5.74) is 8.82. The molecular formula is C24H25N3O3. The fraction of sp³-hybridized carbons (Fsp3) is 0.167. The number of rotatable bonds is 8. The molecule has 154 valence electrons. The number of anilines is 1. The molecule has 30 heavy (non-hydrogen) atoms. The van der Waals surface area contributed by atoms with Crippen molar-refractivity contribution in [3.05, 3.63) is 95.6 Å². The molecule has 0 aliphatic rings. The summed E-state index contributed by atoms with van der Waals surface area (Å²) in [4.78, 5) is 23.3. The second-order valence-corrected chi connectivity index (χ2v) is 6.96. The van der Waals surface area contributed by atoms with Crippen molar-refractivity contribution in [1.29, 1.82) is 0 Å². The lowest BCUT2D eigenvalue weighted by atomic mass is 10.0. The largest absolute Gasteiger partial charge is 0.483 e. The highest BCUT2D eigenvalue weighted by Crippen LogP contribution is 2.21. The predicted octanol–water partition coefficient (Wildman–Crippen LogP) is 4.02. The van der Waals surface area contributed by atoms with Gasteiger partial charge in [-0.05, 0) is 41.8 Å². The van der Waals surface area contributed by atoms with Crippen molar-refractivity contribution >= 4 is 17.6 Å². The number of carbonyl (C=O) groups is 2. The molecule has 0 aromatic heterocycles. The summed E-state index contributed by atoms with van der Waals surface area (Å²) in [5, 5.41) is 5.42. The minimum atomic E-state index is -0.617. The molecule has 6 heteroatoms. The number of urea groups is 1. The molecule has 3 rings (SSSR count). The van der Waals surface area contributed by atoms with Gasteiger partial charge in [-0.15, -0.1) is 0 Å². The second kappa shape index (κ2) is 10.1. The fourth-order valence-electron chi connectivity index (χ4n) is 3.11. The third-order valence-electron chi connectivity index (χ3n) is 4.62. The Morgan fingerprint density at radius 3 is 2.30 bits per heavy atom. The van der Waals surface area contributed by atoms with Gasteiger partial charge in [-0.2, -0.15) is 0 Å². The Bertz CT molecular complexity index is 988. The van der Waals surface area contributed by atoms with Crippen LogP contribution in [0, 0.1) is 0 Å². The zero-order valence-electron chi connectivity index (χ0n) is 16.8. The van der Waals surface area contributed by atoms with E-state index in [1.165, 1.54) is 5.56 Å². The molecule has 0 bridgehead atoms. The monoisotopic (exact) mass is 403 g/mol. The standard InChI is InChI=1S/C24H25N3O3/c1-17(19-11-13-21(14-12-19)27-24(25)29)26-23(28)16-30-22-10-6-5-9-20(22)15-18-7-3-2-4-8-18/h2-14,17H,15-16H2,1H3,(H,26,28)(H3,25,27,29). The third-order valence-corrected chi connectivity index (χ3v) is 4.62. The first-order valence-corrected chi connectivity index (χ1v) is 9.71. The van der Waals surface area contributed by atoms with Gasteiger partial charge in [0.2, 0.25) is 0 Å². The number of nitrogens with one attached hydrogen (secondary N) is 2. The molecule has 0 aliphatic heterocycles. The highest BCUT2D eigenvalue weighted by atomic mass is 16.5. The maximum Gasteiger partial charge on any atom is 0.316 e. The summed E-state index contributed by atoms with van der Waals surface area (Å²) in [7, 11) is 0. The van der Waals surface area contributed by atoms with Gasteiger partial charge < -0.3 is 21.1 Å². The van der Waals surface area contributed by atoms with Crippen LogP contribution in [0.15, 0.2) is 78.9 Å². The van der Waals surface area contributed by atoms with E-state index in [1.54, 1.807) is 12.1 Å². The number of ether oxygens (including phenoxy) is 1. The lowest BCUT2D eigenvalue weighted by Crippen LogP contribution is -2.31. The van der Waals surface area contributed by atoms with Crippen LogP contribution >= 0.6 is 0 Å². The van der Waals surface area contributed by atoms with E-state index in [2.05, 4.69) is 22.8 Å². The van der Waals surface area contributed by atoms with Crippen molar-refractivity contribution in [2.45, 2.75) is 19.4 Å². The summed E-state index contributed by atoms with van der Waals surface area (Å²) in [6.45, 7) is 1.81. The van der Waals surface area contributed by atoms with Crippen LogP contribution in [0.4, 0.5) is 10.5 Å². The predicted molar refractivity (Wildman–Crippen MR) is 117 cm³/mol. The summed E-state index contributed by atoms with van der Waals surface area (Å²) >= 11 is 0. The smallest absolute Gasteiger partial charge is 0.316 e. The lowest BCUT2D eigenvalue weighted by molar-refractivity contribution is -0.123. The van der Waals surface area contributed by atoms with Crippen LogP contribution in [0.1, 0.15) is 29.7 Å². The summed E-state index contributed by atoms with van der Waals surface area (Å²) in [6.07, 6.45) is 0.737. The maximum atomic E-state index is 12.4. The van der Waals surface area contributed by atoms with E-state index in [1.807, 2.05) is 61.5 Å². The van der Waals surface area contributed by atoms with Crippen LogP contribution in [0.2, 0.25) is 0 Å². The van der Waals surface area contributed by atoms with Crippen molar-refractivity contribution in [3.8, 4) is 5.75 Å². The van der Waals surface area contributed by atoms with Crippen molar-refractivity contribution in [1.82, 2.24) is 5.32 Å². The Balaban J connectivity index is 1.55. The highest BCUT2D eigenvalue weighted by Gasteiger charge is 2.12. The number of benzene rings is 3. The Morgan fingerprint density at radius 1 is 0.933 bits per heavy atom. The Labute approximate surface area is 176 Å². The van der Waals surface area contributed by atoms with Gasteiger partial charge in [0.25, 0.3) is 5.91 Å². The number of nitrogens with two attached hydrogens (primary N) is 1. The molecule has 4 N–H and O–H groups in total. The van der Waals surface area contributed by atoms with Crippen LogP contribution < -0.4 is 21.1 Å². The number of hydrogen-bond acceptors (Lipinski definition) is 3. The minimum Gasteiger partial charge on any atom is -0.483 e. The molecular weight excluding hydrogens is 378 g/mol. The van der Waals surface area contributed by atoms with Crippen molar-refractivity contribution < 1.29 is 14.3 Å². The number of para-hydroxylation sites is 1. The van der Waals surface area contributed by atoms with E-state index in [0.717, 1.165) is 17.5 Å². The average molecular weight is 403 g/mol. The molecule has 0 radical (unpaired) electrons. The van der Waals surface area contributed by atoms with Crippen molar-refractivity contribution in [3.63, 3.8) is 0 Å². The van der Waals surface area contributed by atoms with Crippen molar-refractivity contribution in [2.75, 3.05) is 11.9 Å². The van der Waals surface area contributed by atoms with Gasteiger partial charge in [0.15, 0.2) is 6.61 Å². The fourth-order valence-corrected chi connectivity index (χ4v) is 3.11. The summed E-state index contributed by atoms with van der Waals surface area (Å²) in [5.74, 6) is 0.488. The molecule has 1 atom stereocenters. The average Bonchev–Trinajstić information content (AvgIpc) is 2.74. The van der Waals surface area contributed by atoms with E-state index < -0.39 is 6.03 Å². The van der Waals surface area contributed by atoms with Crippen LogP contribution in [0.5, 0.6) is 5.75 Å². The Kier molecular flexibility index (Phi) is 7.05. The quantitative estimate of drug-likeness (QED) is 0.530. The summed E-state index contributed by atoms with van der Waals surface area (Å²) in [6, 6.07) is 24.2. The van der Waals surface area contributed by atoms with Crippen LogP contribution in [0.25, 0.3) is 0 Å². The molecule has 0 fully saturated rings. The van der Waals surface area contributed by atoms with E-state index in [0.29, 0.717) is 11.4 Å². The van der Waals surface area contributed by atoms with Gasteiger partial charge >= 0.3 is 6.03 Å². The maximum absolute atomic E-state index is 12.4. The second-order valence-electron chi connectivity index (χ2n) is 6.96. The highest BCUT2D eigenvalue weighted by molar-refractivity contribution is 5.87. The topological polar surface area (TPSA) is 93.4 Å². The molecule has 1 unspecified atom stereocenters. The number of carbonyl (C=O) groups excluding carboxylic acids is 2.